The first-order valence-corrected chi connectivity index (χ1v) is 4.87. The van der Waals surface area contributed by atoms with E-state index in [0.29, 0.717) is 13.0 Å². The van der Waals surface area contributed by atoms with Gasteiger partial charge < -0.3 is 11.1 Å². The summed E-state index contributed by atoms with van der Waals surface area (Å²) in [6.07, 6.45) is 0.629. The van der Waals surface area contributed by atoms with Crippen LogP contribution in [0.15, 0.2) is 24.3 Å². The summed E-state index contributed by atoms with van der Waals surface area (Å²) in [6, 6.07) is 7.72. The van der Waals surface area contributed by atoms with Gasteiger partial charge in [-0.05, 0) is 11.1 Å². The molecule has 74 valence electrons. The highest BCUT2D eigenvalue weighted by molar-refractivity contribution is 5.87. The molecule has 1 saturated heterocycles. The molecular formula is C11H14N2O. The van der Waals surface area contributed by atoms with Crippen molar-refractivity contribution in [3.05, 3.63) is 35.4 Å². The third-order valence-corrected chi connectivity index (χ3v) is 2.63. The van der Waals surface area contributed by atoms with Crippen LogP contribution in [0.4, 0.5) is 0 Å². The van der Waals surface area contributed by atoms with Gasteiger partial charge in [0.2, 0.25) is 0 Å². The highest BCUT2D eigenvalue weighted by Crippen LogP contribution is 2.22. The SMILES string of the molecule is NCc1ccccc1C1NCCC1=O. The fourth-order valence-electron chi connectivity index (χ4n) is 1.88. The zero-order chi connectivity index (χ0) is 9.97. The lowest BCUT2D eigenvalue weighted by Crippen LogP contribution is -2.20. The fourth-order valence-corrected chi connectivity index (χ4v) is 1.88. The van der Waals surface area contributed by atoms with Gasteiger partial charge in [0.1, 0.15) is 0 Å². The van der Waals surface area contributed by atoms with E-state index in [1.54, 1.807) is 0 Å². The summed E-state index contributed by atoms with van der Waals surface area (Å²) in [7, 11) is 0. The minimum Gasteiger partial charge on any atom is -0.326 e. The average Bonchev–Trinajstić information content (AvgIpc) is 2.64. The number of carbonyl (C=O) groups is 1. The topological polar surface area (TPSA) is 55.1 Å². The normalized spacial score (nSPS) is 21.5. The largest absolute Gasteiger partial charge is 0.326 e. The molecule has 3 heteroatoms. The molecule has 0 spiro atoms. The van der Waals surface area contributed by atoms with E-state index in [4.69, 9.17) is 5.73 Å². The Bertz CT molecular complexity index is 349. The van der Waals surface area contributed by atoms with Crippen molar-refractivity contribution in [2.75, 3.05) is 6.54 Å². The lowest BCUT2D eigenvalue weighted by Gasteiger charge is -2.13. The molecule has 1 fully saturated rings. The first kappa shape index (κ1) is 9.37. The predicted molar refractivity (Wildman–Crippen MR) is 54.7 cm³/mol. The van der Waals surface area contributed by atoms with Gasteiger partial charge in [-0.25, -0.2) is 0 Å². The van der Waals surface area contributed by atoms with E-state index in [-0.39, 0.29) is 11.8 Å². The van der Waals surface area contributed by atoms with Crippen LogP contribution in [-0.4, -0.2) is 12.3 Å². The molecular weight excluding hydrogens is 176 g/mol. The molecule has 0 aromatic heterocycles. The third-order valence-electron chi connectivity index (χ3n) is 2.63. The molecule has 0 radical (unpaired) electrons. The molecule has 0 aliphatic carbocycles. The molecule has 1 aliphatic heterocycles. The Morgan fingerprint density at radius 1 is 1.43 bits per heavy atom. The maximum absolute atomic E-state index is 11.5. The lowest BCUT2D eigenvalue weighted by molar-refractivity contribution is -0.118. The summed E-state index contributed by atoms with van der Waals surface area (Å²) in [6.45, 7) is 1.27. The Balaban J connectivity index is 2.35. The maximum atomic E-state index is 11.5. The highest BCUT2D eigenvalue weighted by Gasteiger charge is 2.26. The maximum Gasteiger partial charge on any atom is 0.155 e. The van der Waals surface area contributed by atoms with E-state index < -0.39 is 0 Å². The van der Waals surface area contributed by atoms with Crippen LogP contribution in [0, 0.1) is 0 Å². The number of nitrogens with two attached hydrogens (primary N) is 1. The molecule has 1 aromatic carbocycles. The molecule has 1 aliphatic rings. The van der Waals surface area contributed by atoms with E-state index in [1.165, 1.54) is 0 Å². The number of rotatable bonds is 2. The number of benzene rings is 1. The summed E-state index contributed by atoms with van der Waals surface area (Å²) in [4.78, 5) is 11.5. The minimum absolute atomic E-state index is 0.130. The van der Waals surface area contributed by atoms with Crippen LogP contribution in [-0.2, 0) is 11.3 Å². The van der Waals surface area contributed by atoms with Crippen LogP contribution in [0.1, 0.15) is 23.6 Å². The van der Waals surface area contributed by atoms with Gasteiger partial charge in [-0.3, -0.25) is 4.79 Å². The first-order chi connectivity index (χ1) is 6.83. The number of hydrogen-bond acceptors (Lipinski definition) is 3. The summed E-state index contributed by atoms with van der Waals surface area (Å²) in [5, 5.41) is 3.19. The second-order valence-electron chi connectivity index (χ2n) is 3.51. The van der Waals surface area contributed by atoms with E-state index in [1.807, 2.05) is 24.3 Å². The summed E-state index contributed by atoms with van der Waals surface area (Å²) >= 11 is 0. The van der Waals surface area contributed by atoms with Gasteiger partial charge in [-0.1, -0.05) is 24.3 Å². The monoisotopic (exact) mass is 190 g/mol. The van der Waals surface area contributed by atoms with E-state index in [0.717, 1.165) is 17.7 Å². The lowest BCUT2D eigenvalue weighted by atomic mass is 9.98. The number of Topliss-reactive ketones (excluding diaryl/α,β-unsaturated/α-hetero) is 1. The van der Waals surface area contributed by atoms with Gasteiger partial charge in [-0.15, -0.1) is 0 Å². The van der Waals surface area contributed by atoms with Gasteiger partial charge in [0.15, 0.2) is 5.78 Å². The molecule has 1 atom stereocenters. The zero-order valence-electron chi connectivity index (χ0n) is 7.99. The van der Waals surface area contributed by atoms with Gasteiger partial charge in [-0.2, -0.15) is 0 Å². The standard InChI is InChI=1S/C11H14N2O/c12-7-8-3-1-2-4-9(8)11-10(14)5-6-13-11/h1-4,11,13H,5-7,12H2. The van der Waals surface area contributed by atoms with Crippen LogP contribution < -0.4 is 11.1 Å². The molecule has 1 aromatic rings. The van der Waals surface area contributed by atoms with Crippen molar-refractivity contribution in [2.24, 2.45) is 5.73 Å². The smallest absolute Gasteiger partial charge is 0.155 e. The molecule has 2 rings (SSSR count). The predicted octanol–water partition coefficient (Wildman–Crippen LogP) is 0.749. The molecule has 14 heavy (non-hydrogen) atoms. The van der Waals surface area contributed by atoms with E-state index in [2.05, 4.69) is 5.32 Å². The zero-order valence-corrected chi connectivity index (χ0v) is 7.99. The number of hydrogen-bond donors (Lipinski definition) is 2. The Morgan fingerprint density at radius 3 is 2.86 bits per heavy atom. The fraction of sp³-hybridized carbons (Fsp3) is 0.364. The first-order valence-electron chi connectivity index (χ1n) is 4.87. The van der Waals surface area contributed by atoms with E-state index >= 15 is 0 Å². The number of ketones is 1. The van der Waals surface area contributed by atoms with Crippen molar-refractivity contribution in [3.63, 3.8) is 0 Å². The van der Waals surface area contributed by atoms with Crippen LogP contribution >= 0.6 is 0 Å². The Kier molecular flexibility index (Phi) is 2.61. The quantitative estimate of drug-likeness (QED) is 0.723. The second kappa shape index (κ2) is 3.90. The molecule has 1 heterocycles. The third kappa shape index (κ3) is 1.56. The minimum atomic E-state index is -0.130. The van der Waals surface area contributed by atoms with Gasteiger partial charge in [0.05, 0.1) is 6.04 Å². The van der Waals surface area contributed by atoms with Crippen molar-refractivity contribution < 1.29 is 4.79 Å². The Hall–Kier alpha value is -1.19. The molecule has 3 nitrogen and oxygen atoms in total. The summed E-state index contributed by atoms with van der Waals surface area (Å²) < 4.78 is 0. The highest BCUT2D eigenvalue weighted by atomic mass is 16.1. The van der Waals surface area contributed by atoms with Crippen LogP contribution in [0.5, 0.6) is 0 Å². The van der Waals surface area contributed by atoms with Crippen molar-refractivity contribution in [1.29, 1.82) is 0 Å². The van der Waals surface area contributed by atoms with Crippen molar-refractivity contribution in [1.82, 2.24) is 5.32 Å². The molecule has 0 amide bonds. The van der Waals surface area contributed by atoms with E-state index in [9.17, 15) is 4.79 Å². The molecule has 1 unspecified atom stereocenters. The van der Waals surface area contributed by atoms with Crippen LogP contribution in [0.2, 0.25) is 0 Å². The van der Waals surface area contributed by atoms with Gasteiger partial charge in [0.25, 0.3) is 0 Å². The second-order valence-corrected chi connectivity index (χ2v) is 3.51. The number of carbonyl (C=O) groups excluding carboxylic acids is 1. The van der Waals surface area contributed by atoms with Crippen molar-refractivity contribution >= 4 is 5.78 Å². The molecule has 0 bridgehead atoms. The van der Waals surface area contributed by atoms with Gasteiger partial charge >= 0.3 is 0 Å². The molecule has 3 N–H and O–H groups in total. The Labute approximate surface area is 83.3 Å². The van der Waals surface area contributed by atoms with Crippen LogP contribution in [0.25, 0.3) is 0 Å². The number of nitrogens with one attached hydrogen (secondary N) is 1. The van der Waals surface area contributed by atoms with Gasteiger partial charge in [0, 0.05) is 19.5 Å². The van der Waals surface area contributed by atoms with Crippen LogP contribution in [0.3, 0.4) is 0 Å². The van der Waals surface area contributed by atoms with Crippen molar-refractivity contribution in [2.45, 2.75) is 19.0 Å². The molecule has 0 saturated carbocycles. The van der Waals surface area contributed by atoms with Crippen molar-refractivity contribution in [3.8, 4) is 0 Å². The summed E-state index contributed by atoms with van der Waals surface area (Å²) in [5.74, 6) is 0.269. The Morgan fingerprint density at radius 2 is 2.21 bits per heavy atom. The summed E-state index contributed by atoms with van der Waals surface area (Å²) in [5.41, 5.74) is 7.72. The average molecular weight is 190 g/mol.